The first-order valence-corrected chi connectivity index (χ1v) is 9.68. The van der Waals surface area contributed by atoms with Crippen molar-refractivity contribution in [1.82, 2.24) is 5.32 Å². The van der Waals surface area contributed by atoms with Crippen molar-refractivity contribution in [1.29, 1.82) is 10.5 Å². The fourth-order valence-electron chi connectivity index (χ4n) is 2.83. The van der Waals surface area contributed by atoms with Crippen molar-refractivity contribution >= 4 is 29.3 Å². The van der Waals surface area contributed by atoms with Gasteiger partial charge in [-0.2, -0.15) is 10.5 Å². The highest BCUT2D eigenvalue weighted by Crippen LogP contribution is 2.42. The minimum atomic E-state index is -0.964. The van der Waals surface area contributed by atoms with Crippen LogP contribution in [0.1, 0.15) is 27.7 Å². The van der Waals surface area contributed by atoms with E-state index in [-0.39, 0.29) is 11.5 Å². The largest absolute Gasteiger partial charge is 0.492 e. The Labute approximate surface area is 168 Å². The van der Waals surface area contributed by atoms with Gasteiger partial charge in [-0.25, -0.2) is 0 Å². The molecule has 0 aliphatic carbocycles. The molecule has 1 aliphatic heterocycles. The monoisotopic (exact) mass is 398 g/mol. The SMILES string of the molecule is CCOc1ccccc1NC(=O)[C@@H](C)SC1=C(C#N)C(C)(C)[C@@H](C#N)C(=O)N1. The van der Waals surface area contributed by atoms with Gasteiger partial charge >= 0.3 is 0 Å². The molecule has 1 aromatic carbocycles. The molecule has 146 valence electrons. The molecule has 1 heterocycles. The van der Waals surface area contributed by atoms with Crippen LogP contribution in [0.4, 0.5) is 5.69 Å². The van der Waals surface area contributed by atoms with Crippen LogP contribution in [0.2, 0.25) is 0 Å². The summed E-state index contributed by atoms with van der Waals surface area (Å²) in [6.07, 6.45) is 0. The second-order valence-corrected chi connectivity index (χ2v) is 8.12. The molecule has 1 aliphatic rings. The van der Waals surface area contributed by atoms with Crippen LogP contribution in [0.15, 0.2) is 34.9 Å². The van der Waals surface area contributed by atoms with E-state index in [9.17, 15) is 20.1 Å². The van der Waals surface area contributed by atoms with Crippen LogP contribution in [0.5, 0.6) is 5.75 Å². The molecule has 7 nitrogen and oxygen atoms in total. The lowest BCUT2D eigenvalue weighted by Crippen LogP contribution is -2.45. The number of anilines is 1. The van der Waals surface area contributed by atoms with Gasteiger partial charge in [-0.3, -0.25) is 9.59 Å². The lowest BCUT2D eigenvalue weighted by atomic mass is 9.72. The summed E-state index contributed by atoms with van der Waals surface area (Å²) in [5.74, 6) is -1.16. The highest BCUT2D eigenvalue weighted by molar-refractivity contribution is 8.04. The fourth-order valence-corrected chi connectivity index (χ4v) is 3.94. The molecular formula is C20H22N4O3S. The Balaban J connectivity index is 2.22. The van der Waals surface area contributed by atoms with Gasteiger partial charge in [0.05, 0.1) is 40.3 Å². The number of nitrogens with one attached hydrogen (secondary N) is 2. The average molecular weight is 398 g/mol. The zero-order valence-corrected chi connectivity index (χ0v) is 17.0. The summed E-state index contributed by atoms with van der Waals surface area (Å²) in [5, 5.41) is 24.0. The second-order valence-electron chi connectivity index (χ2n) is 6.77. The van der Waals surface area contributed by atoms with E-state index in [0.29, 0.717) is 23.1 Å². The number of benzene rings is 1. The molecule has 8 heteroatoms. The van der Waals surface area contributed by atoms with E-state index in [2.05, 4.69) is 16.7 Å². The number of para-hydroxylation sites is 2. The summed E-state index contributed by atoms with van der Waals surface area (Å²) in [5.41, 5.74) is -0.0989. The van der Waals surface area contributed by atoms with Crippen molar-refractivity contribution in [2.24, 2.45) is 11.3 Å². The molecule has 2 N–H and O–H groups in total. The van der Waals surface area contributed by atoms with Crippen LogP contribution in [0.3, 0.4) is 0 Å². The number of hydrogen-bond acceptors (Lipinski definition) is 6. The molecule has 0 unspecified atom stereocenters. The maximum Gasteiger partial charge on any atom is 0.243 e. The molecule has 2 atom stereocenters. The van der Waals surface area contributed by atoms with Crippen molar-refractivity contribution in [3.8, 4) is 17.9 Å². The number of rotatable bonds is 6. The van der Waals surface area contributed by atoms with E-state index >= 15 is 0 Å². The zero-order chi connectivity index (χ0) is 20.9. The number of hydrogen-bond donors (Lipinski definition) is 2. The van der Waals surface area contributed by atoms with Gasteiger partial charge in [0.25, 0.3) is 0 Å². The number of amides is 2. The molecule has 0 fully saturated rings. The number of ether oxygens (including phenoxy) is 1. The van der Waals surface area contributed by atoms with Crippen LogP contribution >= 0.6 is 11.8 Å². The maximum absolute atomic E-state index is 12.6. The van der Waals surface area contributed by atoms with Crippen LogP contribution in [-0.2, 0) is 9.59 Å². The molecule has 28 heavy (non-hydrogen) atoms. The van der Waals surface area contributed by atoms with Gasteiger partial charge in [-0.15, -0.1) is 0 Å². The Bertz CT molecular complexity index is 895. The predicted octanol–water partition coefficient (Wildman–Crippen LogP) is 3.18. The lowest BCUT2D eigenvalue weighted by molar-refractivity contribution is -0.125. The molecule has 0 saturated carbocycles. The first kappa shape index (κ1) is 21.3. The summed E-state index contributed by atoms with van der Waals surface area (Å²) in [7, 11) is 0. The van der Waals surface area contributed by atoms with Crippen LogP contribution in [-0.4, -0.2) is 23.7 Å². The van der Waals surface area contributed by atoms with Crippen LogP contribution in [0.25, 0.3) is 0 Å². The Kier molecular flexibility index (Phi) is 6.71. The Morgan fingerprint density at radius 1 is 1.39 bits per heavy atom. The van der Waals surface area contributed by atoms with E-state index in [1.165, 1.54) is 0 Å². The second kappa shape index (κ2) is 8.81. The highest BCUT2D eigenvalue weighted by atomic mass is 32.2. The molecule has 0 spiro atoms. The van der Waals surface area contributed by atoms with Gasteiger partial charge in [-0.05, 0) is 26.0 Å². The van der Waals surface area contributed by atoms with Gasteiger partial charge < -0.3 is 15.4 Å². The quantitative estimate of drug-likeness (QED) is 0.760. The van der Waals surface area contributed by atoms with Gasteiger partial charge in [0, 0.05) is 5.41 Å². The fraction of sp³-hybridized carbons (Fsp3) is 0.400. The molecular weight excluding hydrogens is 376 g/mol. The van der Waals surface area contributed by atoms with E-state index in [1.807, 2.05) is 19.1 Å². The Morgan fingerprint density at radius 3 is 2.68 bits per heavy atom. The zero-order valence-electron chi connectivity index (χ0n) is 16.2. The molecule has 0 saturated heterocycles. The van der Waals surface area contributed by atoms with Crippen LogP contribution < -0.4 is 15.4 Å². The first-order chi connectivity index (χ1) is 13.3. The van der Waals surface area contributed by atoms with Gasteiger partial charge in [0.1, 0.15) is 11.7 Å². The number of nitrogens with zero attached hydrogens (tertiary/aromatic N) is 2. The topological polar surface area (TPSA) is 115 Å². The van der Waals surface area contributed by atoms with E-state index in [1.54, 1.807) is 39.0 Å². The summed E-state index contributed by atoms with van der Waals surface area (Å²) in [6.45, 7) is 7.37. The third-order valence-electron chi connectivity index (χ3n) is 4.44. The molecule has 0 radical (unpaired) electrons. The molecule has 0 bridgehead atoms. The molecule has 1 aromatic rings. The number of nitriles is 2. The van der Waals surface area contributed by atoms with Crippen molar-refractivity contribution in [2.75, 3.05) is 11.9 Å². The van der Waals surface area contributed by atoms with E-state index in [4.69, 9.17) is 4.74 Å². The summed E-state index contributed by atoms with van der Waals surface area (Å²) in [6, 6.07) is 11.2. The minimum Gasteiger partial charge on any atom is -0.492 e. The van der Waals surface area contributed by atoms with Crippen molar-refractivity contribution < 1.29 is 14.3 Å². The van der Waals surface area contributed by atoms with Crippen molar-refractivity contribution in [3.05, 3.63) is 34.9 Å². The highest BCUT2D eigenvalue weighted by Gasteiger charge is 2.45. The van der Waals surface area contributed by atoms with Crippen molar-refractivity contribution in [2.45, 2.75) is 32.9 Å². The lowest BCUT2D eigenvalue weighted by Gasteiger charge is -2.35. The van der Waals surface area contributed by atoms with Gasteiger partial charge in [-0.1, -0.05) is 37.7 Å². The summed E-state index contributed by atoms with van der Waals surface area (Å²) < 4.78 is 5.51. The third kappa shape index (κ3) is 4.29. The summed E-state index contributed by atoms with van der Waals surface area (Å²) in [4.78, 5) is 24.9. The standard InChI is InChI=1S/C20H22N4O3S/c1-5-27-16-9-7-6-8-15(16)23-17(25)12(2)28-19-14(11-22)20(3,4)13(10-21)18(26)24-19/h6-9,12-13H,5H2,1-4H3,(H,23,25)(H,24,26)/t12-,13+/m1/s1. The van der Waals surface area contributed by atoms with E-state index in [0.717, 1.165) is 11.8 Å². The average Bonchev–Trinajstić information content (AvgIpc) is 2.63. The van der Waals surface area contributed by atoms with Gasteiger partial charge in [0.15, 0.2) is 0 Å². The molecule has 2 rings (SSSR count). The smallest absolute Gasteiger partial charge is 0.243 e. The summed E-state index contributed by atoms with van der Waals surface area (Å²) >= 11 is 1.08. The van der Waals surface area contributed by atoms with Crippen molar-refractivity contribution in [3.63, 3.8) is 0 Å². The minimum absolute atomic E-state index is 0.290. The Morgan fingerprint density at radius 2 is 2.07 bits per heavy atom. The van der Waals surface area contributed by atoms with Gasteiger partial charge in [0.2, 0.25) is 11.8 Å². The normalized spacial score (nSPS) is 19.1. The molecule has 2 amide bonds. The number of thioether (sulfide) groups is 1. The number of carbonyl (C=O) groups is 2. The van der Waals surface area contributed by atoms with E-state index < -0.39 is 22.5 Å². The molecule has 0 aromatic heterocycles. The Hall–Kier alpha value is -2.97. The number of allylic oxidation sites excluding steroid dienone is 1. The number of carbonyl (C=O) groups excluding carboxylic acids is 2. The maximum atomic E-state index is 12.6. The third-order valence-corrected chi connectivity index (χ3v) is 5.55. The first-order valence-electron chi connectivity index (χ1n) is 8.80. The van der Waals surface area contributed by atoms with Crippen LogP contribution in [0, 0.1) is 34.0 Å². The predicted molar refractivity (Wildman–Crippen MR) is 107 cm³/mol.